The van der Waals surface area contributed by atoms with Crippen LogP contribution in [-0.2, 0) is 9.53 Å². The molecular formula is C30H46O2. The van der Waals surface area contributed by atoms with E-state index in [1.54, 1.807) is 5.57 Å². The van der Waals surface area contributed by atoms with Gasteiger partial charge in [-0.3, -0.25) is 0 Å². The molecule has 2 nitrogen and oxygen atoms in total. The van der Waals surface area contributed by atoms with Crippen LogP contribution in [0.25, 0.3) is 0 Å². The summed E-state index contributed by atoms with van der Waals surface area (Å²) in [6.07, 6.45) is 21.9. The zero-order valence-electron chi connectivity index (χ0n) is 21.3. The number of terminal acetylenes is 1. The van der Waals surface area contributed by atoms with Crippen molar-refractivity contribution in [3.63, 3.8) is 0 Å². The average molecular weight is 439 g/mol. The Morgan fingerprint density at radius 2 is 1.91 bits per heavy atom. The van der Waals surface area contributed by atoms with Gasteiger partial charge in [-0.2, -0.15) is 0 Å². The second kappa shape index (κ2) is 9.19. The first-order valence-electron chi connectivity index (χ1n) is 13.6. The van der Waals surface area contributed by atoms with Crippen molar-refractivity contribution in [1.29, 1.82) is 0 Å². The summed E-state index contributed by atoms with van der Waals surface area (Å²) in [7, 11) is 0. The maximum Gasteiger partial charge on any atom is 0.384 e. The number of rotatable bonds is 6. The second-order valence-corrected chi connectivity index (χ2v) is 12.7. The van der Waals surface area contributed by atoms with Crippen LogP contribution < -0.4 is 0 Å². The summed E-state index contributed by atoms with van der Waals surface area (Å²) in [5.41, 5.74) is 2.39. The minimum absolute atomic E-state index is 0.0224. The van der Waals surface area contributed by atoms with E-state index < -0.39 is 5.97 Å². The second-order valence-electron chi connectivity index (χ2n) is 12.7. The molecule has 0 amide bonds. The highest BCUT2D eigenvalue weighted by Crippen LogP contribution is 2.67. The van der Waals surface area contributed by atoms with E-state index in [1.807, 2.05) is 0 Å². The van der Waals surface area contributed by atoms with Crippen LogP contribution in [0.3, 0.4) is 0 Å². The maximum absolute atomic E-state index is 11.6. The monoisotopic (exact) mass is 438 g/mol. The first-order chi connectivity index (χ1) is 15.2. The molecule has 0 aromatic carbocycles. The number of fused-ring (bicyclic) bond motifs is 5. The summed E-state index contributed by atoms with van der Waals surface area (Å²) in [4.78, 5) is 11.6. The molecule has 3 fully saturated rings. The Labute approximate surface area is 197 Å². The van der Waals surface area contributed by atoms with Crippen molar-refractivity contribution in [2.24, 2.45) is 46.3 Å². The van der Waals surface area contributed by atoms with E-state index in [0.29, 0.717) is 10.8 Å². The minimum Gasteiger partial charge on any atom is -0.452 e. The fourth-order valence-electron chi connectivity index (χ4n) is 8.94. The Morgan fingerprint density at radius 1 is 1.12 bits per heavy atom. The third kappa shape index (κ3) is 4.19. The molecule has 0 aromatic rings. The first kappa shape index (κ1) is 23.9. The van der Waals surface area contributed by atoms with Gasteiger partial charge in [0.1, 0.15) is 6.10 Å². The molecule has 0 N–H and O–H groups in total. The van der Waals surface area contributed by atoms with Gasteiger partial charge in [0.2, 0.25) is 0 Å². The third-order valence-corrected chi connectivity index (χ3v) is 10.7. The van der Waals surface area contributed by atoms with E-state index in [0.717, 1.165) is 54.8 Å². The van der Waals surface area contributed by atoms with Crippen molar-refractivity contribution >= 4 is 5.97 Å². The number of carbonyl (C=O) groups excluding carboxylic acids is 1. The van der Waals surface area contributed by atoms with Gasteiger partial charge >= 0.3 is 5.97 Å². The van der Waals surface area contributed by atoms with Crippen molar-refractivity contribution in [3.8, 4) is 12.3 Å². The highest BCUT2D eigenvalue weighted by atomic mass is 16.5. The van der Waals surface area contributed by atoms with Crippen LogP contribution in [0.1, 0.15) is 105 Å². The van der Waals surface area contributed by atoms with Crippen LogP contribution in [0.2, 0.25) is 0 Å². The van der Waals surface area contributed by atoms with E-state index in [1.165, 1.54) is 51.4 Å². The quantitative estimate of drug-likeness (QED) is 0.185. The Kier molecular flexibility index (Phi) is 6.87. The van der Waals surface area contributed by atoms with Gasteiger partial charge in [0.05, 0.1) is 0 Å². The number of ether oxygens (including phenoxy) is 1. The van der Waals surface area contributed by atoms with Crippen molar-refractivity contribution in [1.82, 2.24) is 0 Å². The SMILES string of the molecule is C#CC(=O)O[C@H]1CC[C@@]2(C)C(=CC[C@@H]3C2CC[C@@]2(C)C3CC[C@@H]2[C@H](C)CCCC(C)C)C1. The maximum atomic E-state index is 11.6. The van der Waals surface area contributed by atoms with Gasteiger partial charge in [-0.15, -0.1) is 6.42 Å². The predicted molar refractivity (Wildman–Crippen MR) is 132 cm³/mol. The predicted octanol–water partition coefficient (Wildman–Crippen LogP) is 7.57. The Morgan fingerprint density at radius 3 is 2.62 bits per heavy atom. The summed E-state index contributed by atoms with van der Waals surface area (Å²) in [5, 5.41) is 0. The molecule has 2 heteroatoms. The molecule has 0 spiro atoms. The third-order valence-electron chi connectivity index (χ3n) is 10.7. The molecule has 4 aliphatic carbocycles. The van der Waals surface area contributed by atoms with Gasteiger partial charge in [0.15, 0.2) is 0 Å². The highest BCUT2D eigenvalue weighted by molar-refractivity contribution is 5.87. The van der Waals surface area contributed by atoms with E-state index in [9.17, 15) is 4.79 Å². The van der Waals surface area contributed by atoms with E-state index in [-0.39, 0.29) is 6.10 Å². The molecule has 0 bridgehead atoms. The number of allylic oxidation sites excluding steroid dienone is 1. The van der Waals surface area contributed by atoms with Crippen molar-refractivity contribution in [2.45, 2.75) is 111 Å². The Balaban J connectivity index is 1.46. The summed E-state index contributed by atoms with van der Waals surface area (Å²) < 4.78 is 5.53. The summed E-state index contributed by atoms with van der Waals surface area (Å²) >= 11 is 0. The summed E-state index contributed by atoms with van der Waals surface area (Å²) in [6.45, 7) is 12.5. The lowest BCUT2D eigenvalue weighted by molar-refractivity contribution is -0.144. The van der Waals surface area contributed by atoms with Crippen LogP contribution in [0, 0.1) is 58.7 Å². The van der Waals surface area contributed by atoms with Crippen molar-refractivity contribution in [2.75, 3.05) is 0 Å². The van der Waals surface area contributed by atoms with Crippen LogP contribution in [0.5, 0.6) is 0 Å². The average Bonchev–Trinajstić information content (AvgIpc) is 3.11. The molecule has 178 valence electrons. The Hall–Kier alpha value is -1.23. The minimum atomic E-state index is -0.499. The zero-order valence-corrected chi connectivity index (χ0v) is 21.3. The molecule has 0 heterocycles. The standard InChI is InChI=1S/C30H46O2/c1-7-28(31)32-23-15-17-29(5)22(19-23)11-12-24-26-14-13-25(21(4)10-8-9-20(2)3)30(26,6)18-16-27(24)29/h1,11,20-21,23-27H,8-10,12-19H2,2-6H3/t21-,23+,24+,25-,26?,27?,29+,30-/m1/s1. The summed E-state index contributed by atoms with van der Waals surface area (Å²) in [5.74, 6) is 6.78. The smallest absolute Gasteiger partial charge is 0.384 e. The molecule has 0 aliphatic heterocycles. The van der Waals surface area contributed by atoms with Gasteiger partial charge in [0.25, 0.3) is 0 Å². The number of carbonyl (C=O) groups is 1. The molecule has 32 heavy (non-hydrogen) atoms. The molecular weight excluding hydrogens is 392 g/mol. The van der Waals surface area contributed by atoms with Gasteiger partial charge in [-0.1, -0.05) is 65.5 Å². The lowest BCUT2D eigenvalue weighted by atomic mass is 9.47. The van der Waals surface area contributed by atoms with Crippen LogP contribution in [-0.4, -0.2) is 12.1 Å². The fraction of sp³-hybridized carbons (Fsp3) is 0.833. The number of esters is 1. The molecule has 2 unspecified atom stereocenters. The van der Waals surface area contributed by atoms with Crippen LogP contribution in [0.15, 0.2) is 11.6 Å². The topological polar surface area (TPSA) is 26.3 Å². The van der Waals surface area contributed by atoms with Crippen molar-refractivity contribution in [3.05, 3.63) is 11.6 Å². The molecule has 3 saturated carbocycles. The van der Waals surface area contributed by atoms with Gasteiger partial charge in [0, 0.05) is 12.3 Å². The molecule has 4 rings (SSSR count). The molecule has 4 aliphatic rings. The molecule has 0 aromatic heterocycles. The largest absolute Gasteiger partial charge is 0.452 e. The van der Waals surface area contributed by atoms with E-state index >= 15 is 0 Å². The Bertz CT molecular complexity index is 772. The van der Waals surface area contributed by atoms with Crippen LogP contribution in [0.4, 0.5) is 0 Å². The van der Waals surface area contributed by atoms with Crippen molar-refractivity contribution < 1.29 is 9.53 Å². The number of hydrogen-bond donors (Lipinski definition) is 0. The summed E-state index contributed by atoms with van der Waals surface area (Å²) in [6, 6.07) is 0. The molecule has 0 saturated heterocycles. The van der Waals surface area contributed by atoms with Gasteiger partial charge in [-0.25, -0.2) is 4.79 Å². The molecule has 8 atom stereocenters. The normalized spacial score (nSPS) is 41.7. The fourth-order valence-corrected chi connectivity index (χ4v) is 8.94. The lowest BCUT2D eigenvalue weighted by Crippen LogP contribution is -2.51. The zero-order chi connectivity index (χ0) is 23.1. The lowest BCUT2D eigenvalue weighted by Gasteiger charge is -2.58. The van der Waals surface area contributed by atoms with E-state index in [4.69, 9.17) is 11.2 Å². The first-order valence-corrected chi connectivity index (χ1v) is 13.6. The molecule has 0 radical (unpaired) electrons. The highest BCUT2D eigenvalue weighted by Gasteiger charge is 2.59. The van der Waals surface area contributed by atoms with E-state index in [2.05, 4.69) is 46.6 Å². The van der Waals surface area contributed by atoms with Gasteiger partial charge < -0.3 is 4.74 Å². The number of hydrogen-bond acceptors (Lipinski definition) is 2. The van der Waals surface area contributed by atoms with Gasteiger partial charge in [-0.05, 0) is 91.3 Å². The van der Waals surface area contributed by atoms with Crippen LogP contribution >= 0.6 is 0 Å².